The summed E-state index contributed by atoms with van der Waals surface area (Å²) in [6.07, 6.45) is 1.78. The lowest BCUT2D eigenvalue weighted by Gasteiger charge is -1.84. The zero-order chi connectivity index (χ0) is 6.15. The summed E-state index contributed by atoms with van der Waals surface area (Å²) in [5.74, 6) is 0. The lowest BCUT2D eigenvalue weighted by molar-refractivity contribution is 1.36. The van der Waals surface area contributed by atoms with Gasteiger partial charge in [-0.2, -0.15) is 0 Å². The number of anilines is 1. The van der Waals surface area contributed by atoms with E-state index in [1.807, 2.05) is 0 Å². The topological polar surface area (TPSA) is 41.8 Å². The van der Waals surface area contributed by atoms with Crippen LogP contribution in [0.2, 0.25) is 0 Å². The van der Waals surface area contributed by atoms with E-state index in [1.165, 1.54) is 0 Å². The minimum absolute atomic E-state index is 0.713. The van der Waals surface area contributed by atoms with Crippen LogP contribution in [0.1, 0.15) is 0 Å². The monoisotopic (exact) mass is 238 g/mol. The Labute approximate surface area is 63.7 Å². The Balaban J connectivity index is 3.19. The highest BCUT2D eigenvalue weighted by molar-refractivity contribution is 9.11. The molecule has 0 amide bonds. The zero-order valence-corrected chi connectivity index (χ0v) is 7.08. The Morgan fingerprint density at radius 2 is 2.12 bits per heavy atom. The molecule has 0 unspecified atom stereocenters. The van der Waals surface area contributed by atoms with Crippen molar-refractivity contribution in [2.24, 2.45) is 0 Å². The number of aromatic nitrogens is 1. The molecule has 44 valence electrons. The van der Waals surface area contributed by atoms with Crippen molar-refractivity contribution in [3.05, 3.63) is 15.3 Å². The molecule has 0 aliphatic rings. The van der Waals surface area contributed by atoms with Crippen LogP contribution in [0.15, 0.2) is 15.3 Å². The lowest BCUT2D eigenvalue weighted by Crippen LogP contribution is -1.81. The molecule has 1 heterocycles. The fourth-order valence-electron chi connectivity index (χ4n) is 0.387. The van der Waals surface area contributed by atoms with Gasteiger partial charge in [0.1, 0.15) is 4.60 Å². The van der Waals surface area contributed by atoms with Crippen LogP contribution in [0, 0.1) is 0 Å². The molecule has 0 atom stereocenters. The average molecular weight is 240 g/mol. The predicted octanol–water partition coefficient (Wildman–Crippen LogP) is 2.12. The molecule has 0 spiro atoms. The molecule has 3 N–H and O–H groups in total. The summed E-state index contributed by atoms with van der Waals surface area (Å²) in [5.41, 5.74) is 6.19. The van der Waals surface area contributed by atoms with Gasteiger partial charge in [-0.1, -0.05) is 0 Å². The first kappa shape index (κ1) is 6.16. The Morgan fingerprint density at radius 1 is 1.50 bits per heavy atom. The largest absolute Gasteiger partial charge is 0.396 e. The molecule has 0 aliphatic heterocycles. The molecule has 0 aromatic carbocycles. The third kappa shape index (κ3) is 0.902. The second kappa shape index (κ2) is 2.11. The normalized spacial score (nSPS) is 9.75. The van der Waals surface area contributed by atoms with E-state index in [0.29, 0.717) is 5.69 Å². The van der Waals surface area contributed by atoms with E-state index in [4.69, 9.17) is 5.73 Å². The quantitative estimate of drug-likeness (QED) is 0.716. The Hall–Kier alpha value is 0.0400. The van der Waals surface area contributed by atoms with Gasteiger partial charge in [-0.15, -0.1) is 0 Å². The fraction of sp³-hybridized carbons (Fsp3) is 0. The van der Waals surface area contributed by atoms with Gasteiger partial charge in [-0.25, -0.2) is 0 Å². The van der Waals surface area contributed by atoms with Crippen molar-refractivity contribution in [3.63, 3.8) is 0 Å². The van der Waals surface area contributed by atoms with Gasteiger partial charge in [0.25, 0.3) is 0 Å². The molecule has 4 heteroatoms. The molecule has 0 saturated carbocycles. The molecule has 0 bridgehead atoms. The van der Waals surface area contributed by atoms with Crippen molar-refractivity contribution in [1.82, 2.24) is 4.98 Å². The number of rotatable bonds is 0. The van der Waals surface area contributed by atoms with Gasteiger partial charge in [-0.3, -0.25) is 0 Å². The van der Waals surface area contributed by atoms with Crippen LogP contribution in [0.4, 0.5) is 5.69 Å². The minimum atomic E-state index is 0.713. The van der Waals surface area contributed by atoms with Crippen LogP contribution < -0.4 is 5.73 Å². The van der Waals surface area contributed by atoms with Crippen molar-refractivity contribution in [2.75, 3.05) is 5.73 Å². The molecular formula is C4H4Br2N2. The Bertz CT molecular complexity index is 174. The highest BCUT2D eigenvalue weighted by Gasteiger charge is 1.99. The van der Waals surface area contributed by atoms with Crippen molar-refractivity contribution in [1.29, 1.82) is 0 Å². The van der Waals surface area contributed by atoms with Gasteiger partial charge in [0.15, 0.2) is 0 Å². The molecule has 1 aromatic heterocycles. The van der Waals surface area contributed by atoms with Crippen LogP contribution >= 0.6 is 31.9 Å². The van der Waals surface area contributed by atoms with Gasteiger partial charge in [-0.05, 0) is 31.9 Å². The molecule has 0 saturated heterocycles. The number of nitrogens with two attached hydrogens (primary N) is 1. The van der Waals surface area contributed by atoms with E-state index < -0.39 is 0 Å². The third-order valence-corrected chi connectivity index (χ3v) is 2.13. The molecule has 0 fully saturated rings. The van der Waals surface area contributed by atoms with E-state index in [2.05, 4.69) is 36.8 Å². The summed E-state index contributed by atoms with van der Waals surface area (Å²) in [6.45, 7) is 0. The van der Waals surface area contributed by atoms with Crippen LogP contribution in [-0.4, -0.2) is 4.98 Å². The zero-order valence-electron chi connectivity index (χ0n) is 3.91. The predicted molar refractivity (Wildman–Crippen MR) is 40.6 cm³/mol. The first-order chi connectivity index (χ1) is 3.72. The van der Waals surface area contributed by atoms with Gasteiger partial charge < -0.3 is 10.7 Å². The van der Waals surface area contributed by atoms with Crippen LogP contribution in [0.25, 0.3) is 0 Å². The molecule has 8 heavy (non-hydrogen) atoms. The van der Waals surface area contributed by atoms with E-state index in [0.717, 1.165) is 9.08 Å². The lowest BCUT2D eigenvalue weighted by atomic mass is 10.6. The summed E-state index contributed by atoms with van der Waals surface area (Å²) in [5, 5.41) is 0. The van der Waals surface area contributed by atoms with Crippen LogP contribution in [-0.2, 0) is 0 Å². The standard InChI is InChI=1S/C4H4Br2N2/c5-2-1-8-4(6)3(2)7/h1,8H,7H2. The number of halogens is 2. The molecule has 1 aromatic rings. The van der Waals surface area contributed by atoms with E-state index in [1.54, 1.807) is 6.20 Å². The average Bonchev–Trinajstić information content (AvgIpc) is 1.98. The molecule has 1 rings (SSSR count). The molecule has 2 nitrogen and oxygen atoms in total. The first-order valence-corrected chi connectivity index (χ1v) is 3.58. The highest BCUT2D eigenvalue weighted by atomic mass is 79.9. The number of aromatic amines is 1. The van der Waals surface area contributed by atoms with Crippen molar-refractivity contribution in [3.8, 4) is 0 Å². The third-order valence-electron chi connectivity index (χ3n) is 0.819. The fourth-order valence-corrected chi connectivity index (χ4v) is 1.29. The first-order valence-electron chi connectivity index (χ1n) is 1.99. The van der Waals surface area contributed by atoms with Crippen molar-refractivity contribution < 1.29 is 0 Å². The number of nitrogen functional groups attached to an aromatic ring is 1. The van der Waals surface area contributed by atoms with E-state index in [-0.39, 0.29) is 0 Å². The maximum absolute atomic E-state index is 5.48. The Kier molecular flexibility index (Phi) is 1.62. The molecule has 0 radical (unpaired) electrons. The van der Waals surface area contributed by atoms with Crippen molar-refractivity contribution in [2.45, 2.75) is 0 Å². The van der Waals surface area contributed by atoms with Gasteiger partial charge in [0.2, 0.25) is 0 Å². The maximum atomic E-state index is 5.48. The second-order valence-corrected chi connectivity index (χ2v) is 3.01. The van der Waals surface area contributed by atoms with E-state index in [9.17, 15) is 0 Å². The minimum Gasteiger partial charge on any atom is -0.396 e. The summed E-state index contributed by atoms with van der Waals surface area (Å²) in [7, 11) is 0. The number of H-pyrrole nitrogens is 1. The summed E-state index contributed by atoms with van der Waals surface area (Å²) < 4.78 is 1.72. The second-order valence-electron chi connectivity index (χ2n) is 1.36. The van der Waals surface area contributed by atoms with Gasteiger partial charge in [0, 0.05) is 6.20 Å². The van der Waals surface area contributed by atoms with Gasteiger partial charge in [0.05, 0.1) is 10.2 Å². The van der Waals surface area contributed by atoms with Gasteiger partial charge >= 0.3 is 0 Å². The van der Waals surface area contributed by atoms with Crippen LogP contribution in [0.5, 0.6) is 0 Å². The number of nitrogens with one attached hydrogen (secondary N) is 1. The van der Waals surface area contributed by atoms with Crippen LogP contribution in [0.3, 0.4) is 0 Å². The summed E-state index contributed by atoms with van der Waals surface area (Å²) in [6, 6.07) is 0. The Morgan fingerprint density at radius 3 is 2.25 bits per heavy atom. The smallest absolute Gasteiger partial charge is 0.106 e. The number of hydrogen-bond donors (Lipinski definition) is 2. The molecular weight excluding hydrogens is 236 g/mol. The SMILES string of the molecule is Nc1c(Br)c[nH]c1Br. The van der Waals surface area contributed by atoms with E-state index >= 15 is 0 Å². The summed E-state index contributed by atoms with van der Waals surface area (Å²) >= 11 is 6.44. The molecule has 0 aliphatic carbocycles. The maximum Gasteiger partial charge on any atom is 0.106 e. The summed E-state index contributed by atoms with van der Waals surface area (Å²) in [4.78, 5) is 2.88. The highest BCUT2D eigenvalue weighted by Crippen LogP contribution is 2.26. The number of hydrogen-bond acceptors (Lipinski definition) is 1. The van der Waals surface area contributed by atoms with Crippen molar-refractivity contribution >= 4 is 37.5 Å².